The molecule has 1 saturated heterocycles. The minimum atomic E-state index is -1.14. The molecule has 2 rings (SSSR count). The summed E-state index contributed by atoms with van der Waals surface area (Å²) in [5, 5.41) is 0. The summed E-state index contributed by atoms with van der Waals surface area (Å²) in [6.45, 7) is 14.0. The summed E-state index contributed by atoms with van der Waals surface area (Å²) in [6.07, 6.45) is 4.81. The van der Waals surface area contributed by atoms with Crippen molar-refractivity contribution >= 4 is 8.07 Å². The lowest BCUT2D eigenvalue weighted by Crippen LogP contribution is -2.33. The Bertz CT molecular complexity index is 335. The highest BCUT2D eigenvalue weighted by Crippen LogP contribution is 2.43. The van der Waals surface area contributed by atoms with Crippen LogP contribution >= 0.6 is 0 Å². The number of hydrogen-bond acceptors (Lipinski definition) is 1. The molecule has 90 valence electrons. The highest BCUT2D eigenvalue weighted by Gasteiger charge is 2.36. The number of allylic oxidation sites excluding steroid dienone is 2. The standard InChI is InChI=1S/C14H24OSi/c1-10-6-7-12-8-15-9-13(12)11(2)14(10)16(3,4)5/h6-7,10,12,14H,8-9H2,1-5H3/t10-,12+,14+/m1/s1. The fraction of sp³-hybridized carbons (Fsp3) is 0.714. The van der Waals surface area contributed by atoms with Crippen molar-refractivity contribution in [2.45, 2.75) is 39.0 Å². The Morgan fingerprint density at radius 1 is 1.25 bits per heavy atom. The lowest BCUT2D eigenvalue weighted by Gasteiger charge is -2.34. The van der Waals surface area contributed by atoms with Crippen LogP contribution in [0.1, 0.15) is 13.8 Å². The highest BCUT2D eigenvalue weighted by atomic mass is 28.3. The Labute approximate surface area is 101 Å². The van der Waals surface area contributed by atoms with Gasteiger partial charge in [0.15, 0.2) is 0 Å². The first-order chi connectivity index (χ1) is 7.41. The van der Waals surface area contributed by atoms with Gasteiger partial charge in [0, 0.05) is 5.92 Å². The molecule has 1 aliphatic carbocycles. The molecule has 1 heterocycles. The van der Waals surface area contributed by atoms with Gasteiger partial charge in [-0.1, -0.05) is 44.3 Å². The molecule has 0 amide bonds. The van der Waals surface area contributed by atoms with Gasteiger partial charge in [-0.05, 0) is 24.0 Å². The first-order valence-electron chi connectivity index (χ1n) is 6.37. The van der Waals surface area contributed by atoms with Crippen LogP contribution < -0.4 is 0 Å². The average molecular weight is 236 g/mol. The van der Waals surface area contributed by atoms with Crippen molar-refractivity contribution in [2.24, 2.45) is 11.8 Å². The van der Waals surface area contributed by atoms with Gasteiger partial charge in [-0.15, -0.1) is 0 Å². The van der Waals surface area contributed by atoms with Crippen molar-refractivity contribution in [3.8, 4) is 0 Å². The molecule has 0 aromatic heterocycles. The van der Waals surface area contributed by atoms with Crippen LogP contribution in [0.15, 0.2) is 23.3 Å². The predicted molar refractivity (Wildman–Crippen MR) is 72.4 cm³/mol. The van der Waals surface area contributed by atoms with Crippen molar-refractivity contribution < 1.29 is 4.74 Å². The van der Waals surface area contributed by atoms with E-state index in [1.54, 1.807) is 11.1 Å². The van der Waals surface area contributed by atoms with Crippen LogP contribution in [-0.4, -0.2) is 21.3 Å². The van der Waals surface area contributed by atoms with E-state index in [2.05, 4.69) is 45.6 Å². The summed E-state index contributed by atoms with van der Waals surface area (Å²) in [5.41, 5.74) is 4.00. The molecule has 0 N–H and O–H groups in total. The molecule has 0 aromatic carbocycles. The lowest BCUT2D eigenvalue weighted by molar-refractivity contribution is 0.195. The van der Waals surface area contributed by atoms with E-state index in [1.165, 1.54) is 0 Å². The molecule has 0 saturated carbocycles. The molecule has 0 radical (unpaired) electrons. The Hall–Kier alpha value is -0.343. The molecule has 0 bridgehead atoms. The largest absolute Gasteiger partial charge is 0.376 e. The molecule has 16 heavy (non-hydrogen) atoms. The van der Waals surface area contributed by atoms with Crippen molar-refractivity contribution in [1.29, 1.82) is 0 Å². The fourth-order valence-electron chi connectivity index (χ4n) is 3.53. The van der Waals surface area contributed by atoms with Crippen molar-refractivity contribution in [1.82, 2.24) is 0 Å². The maximum absolute atomic E-state index is 5.62. The first-order valence-corrected chi connectivity index (χ1v) is 9.94. The second kappa shape index (κ2) is 4.15. The summed E-state index contributed by atoms with van der Waals surface area (Å²) >= 11 is 0. The van der Waals surface area contributed by atoms with E-state index in [-0.39, 0.29) is 0 Å². The fourth-order valence-corrected chi connectivity index (χ4v) is 6.71. The van der Waals surface area contributed by atoms with Crippen LogP contribution in [0, 0.1) is 11.8 Å². The minimum absolute atomic E-state index is 0.573. The summed E-state index contributed by atoms with van der Waals surface area (Å²) in [5.74, 6) is 1.27. The molecule has 0 spiro atoms. The number of ether oxygens (including phenoxy) is 1. The number of fused-ring (bicyclic) bond motifs is 1. The zero-order chi connectivity index (χ0) is 11.9. The van der Waals surface area contributed by atoms with E-state index in [9.17, 15) is 0 Å². The molecule has 0 unspecified atom stereocenters. The van der Waals surface area contributed by atoms with Gasteiger partial charge in [-0.2, -0.15) is 0 Å². The van der Waals surface area contributed by atoms with Crippen molar-refractivity contribution in [3.05, 3.63) is 23.3 Å². The van der Waals surface area contributed by atoms with Crippen molar-refractivity contribution in [2.75, 3.05) is 13.2 Å². The third kappa shape index (κ3) is 2.05. The van der Waals surface area contributed by atoms with Gasteiger partial charge in [0.05, 0.1) is 21.3 Å². The van der Waals surface area contributed by atoms with Gasteiger partial charge in [0.2, 0.25) is 0 Å². The molecule has 1 aliphatic heterocycles. The Morgan fingerprint density at radius 2 is 1.94 bits per heavy atom. The maximum atomic E-state index is 5.62. The van der Waals surface area contributed by atoms with Gasteiger partial charge in [0.25, 0.3) is 0 Å². The van der Waals surface area contributed by atoms with Gasteiger partial charge >= 0.3 is 0 Å². The zero-order valence-corrected chi connectivity index (χ0v) is 12.2. The summed E-state index contributed by atoms with van der Waals surface area (Å²) < 4.78 is 5.62. The molecule has 0 aromatic rings. The van der Waals surface area contributed by atoms with E-state index in [0.717, 1.165) is 18.8 Å². The number of hydrogen-bond donors (Lipinski definition) is 0. The van der Waals surface area contributed by atoms with E-state index in [0.29, 0.717) is 11.8 Å². The average Bonchev–Trinajstić information content (AvgIpc) is 2.55. The van der Waals surface area contributed by atoms with E-state index in [4.69, 9.17) is 4.74 Å². The summed E-state index contributed by atoms with van der Waals surface area (Å²) in [4.78, 5) is 0. The molecular formula is C14H24OSi. The zero-order valence-electron chi connectivity index (χ0n) is 11.2. The summed E-state index contributed by atoms with van der Waals surface area (Å²) in [7, 11) is -1.14. The van der Waals surface area contributed by atoms with Gasteiger partial charge in [0.1, 0.15) is 0 Å². The molecule has 2 aliphatic rings. The van der Waals surface area contributed by atoms with Gasteiger partial charge < -0.3 is 4.74 Å². The minimum Gasteiger partial charge on any atom is -0.376 e. The van der Waals surface area contributed by atoms with Gasteiger partial charge in [-0.3, -0.25) is 0 Å². The highest BCUT2D eigenvalue weighted by molar-refractivity contribution is 6.78. The lowest BCUT2D eigenvalue weighted by atomic mass is 9.96. The van der Waals surface area contributed by atoms with Crippen LogP contribution in [0.3, 0.4) is 0 Å². The second-order valence-electron chi connectivity index (χ2n) is 6.42. The molecule has 1 fully saturated rings. The van der Waals surface area contributed by atoms with Crippen LogP contribution in [0.25, 0.3) is 0 Å². The van der Waals surface area contributed by atoms with E-state index in [1.807, 2.05) is 0 Å². The third-order valence-electron chi connectivity index (χ3n) is 4.08. The Kier molecular flexibility index (Phi) is 3.15. The first kappa shape index (κ1) is 12.1. The van der Waals surface area contributed by atoms with Crippen LogP contribution in [-0.2, 0) is 4.74 Å². The quantitative estimate of drug-likeness (QED) is 0.496. The van der Waals surface area contributed by atoms with Crippen LogP contribution in [0.5, 0.6) is 0 Å². The van der Waals surface area contributed by atoms with Gasteiger partial charge in [-0.25, -0.2) is 0 Å². The Morgan fingerprint density at radius 3 is 2.56 bits per heavy atom. The maximum Gasteiger partial charge on any atom is 0.0686 e. The van der Waals surface area contributed by atoms with Crippen LogP contribution in [0.2, 0.25) is 25.2 Å². The van der Waals surface area contributed by atoms with E-state index < -0.39 is 8.07 Å². The molecule has 3 atom stereocenters. The predicted octanol–water partition coefficient (Wildman–Crippen LogP) is 3.86. The monoisotopic (exact) mass is 236 g/mol. The second-order valence-corrected chi connectivity index (χ2v) is 11.8. The smallest absolute Gasteiger partial charge is 0.0686 e. The molecular weight excluding hydrogens is 212 g/mol. The normalized spacial score (nSPS) is 35.2. The number of rotatable bonds is 1. The van der Waals surface area contributed by atoms with Crippen molar-refractivity contribution in [3.63, 3.8) is 0 Å². The molecule has 2 heteroatoms. The van der Waals surface area contributed by atoms with E-state index >= 15 is 0 Å². The van der Waals surface area contributed by atoms with Crippen LogP contribution in [0.4, 0.5) is 0 Å². The third-order valence-corrected chi connectivity index (χ3v) is 6.91. The summed E-state index contributed by atoms with van der Waals surface area (Å²) in [6, 6.07) is 0. The SMILES string of the molecule is CC1=C2COC[C@@H]2C=C[C@@H](C)[C@@H]1[Si](C)(C)C. The molecule has 1 nitrogen and oxygen atoms in total. The Balaban J connectivity index is 2.43. The topological polar surface area (TPSA) is 9.23 Å².